The summed E-state index contributed by atoms with van der Waals surface area (Å²) >= 11 is 0. The van der Waals surface area contributed by atoms with E-state index in [0.717, 1.165) is 12.0 Å². The molecular weight excluding hydrogens is 399 g/mol. The first-order chi connectivity index (χ1) is 14.2. The Morgan fingerprint density at radius 2 is 1.87 bits per heavy atom. The highest BCUT2D eigenvalue weighted by molar-refractivity contribution is 5.81. The predicted molar refractivity (Wildman–Crippen MR) is 102 cm³/mol. The summed E-state index contributed by atoms with van der Waals surface area (Å²) in [5.41, 5.74) is 0.0874. The molecule has 1 aromatic rings. The van der Waals surface area contributed by atoms with Crippen molar-refractivity contribution in [1.29, 1.82) is 0 Å². The Kier molecular flexibility index (Phi) is 5.74. The van der Waals surface area contributed by atoms with E-state index in [1.54, 1.807) is 6.07 Å². The summed E-state index contributed by atoms with van der Waals surface area (Å²) in [6, 6.07) is 1.55. The van der Waals surface area contributed by atoms with Crippen LogP contribution in [0.3, 0.4) is 0 Å². The highest BCUT2D eigenvalue weighted by Crippen LogP contribution is 2.34. The fraction of sp³-hybridized carbons (Fsp3) is 0.667. The van der Waals surface area contributed by atoms with E-state index < -0.39 is 11.9 Å². The number of rotatable bonds is 1. The number of likely N-dealkylation sites (tertiary alicyclic amines) is 2. The van der Waals surface area contributed by atoms with Crippen molar-refractivity contribution < 1.29 is 27.5 Å². The molecule has 0 saturated carbocycles. The minimum Gasteiger partial charge on any atom is -0.370 e. The Morgan fingerprint density at radius 3 is 2.53 bits per heavy atom. The van der Waals surface area contributed by atoms with Gasteiger partial charge in [0.25, 0.3) is 0 Å². The number of aromatic nitrogens is 1. The largest absolute Gasteiger partial charge is 0.433 e. The lowest BCUT2D eigenvalue weighted by molar-refractivity contribution is -0.141. The number of carbonyl (C=O) groups excluding carboxylic acids is 2. The molecule has 0 spiro atoms. The van der Waals surface area contributed by atoms with Crippen LogP contribution in [0.1, 0.15) is 48.4 Å². The third-order valence-electron chi connectivity index (χ3n) is 6.49. The van der Waals surface area contributed by atoms with Crippen LogP contribution in [0.15, 0.2) is 12.3 Å². The van der Waals surface area contributed by atoms with Gasteiger partial charge in [-0.3, -0.25) is 9.78 Å². The molecule has 0 N–H and O–H groups in total. The molecule has 0 bridgehead atoms. The van der Waals surface area contributed by atoms with E-state index in [9.17, 15) is 22.8 Å². The molecule has 1 aromatic heterocycles. The molecule has 3 aliphatic rings. The van der Waals surface area contributed by atoms with Gasteiger partial charge < -0.3 is 14.5 Å². The lowest BCUT2D eigenvalue weighted by atomic mass is 9.88. The lowest BCUT2D eigenvalue weighted by Gasteiger charge is -2.43. The molecule has 4 rings (SSSR count). The zero-order valence-electron chi connectivity index (χ0n) is 17.0. The zero-order valence-corrected chi connectivity index (χ0v) is 17.0. The number of carbonyl (C=O) groups is 2. The van der Waals surface area contributed by atoms with Gasteiger partial charge in [0.2, 0.25) is 0 Å². The van der Waals surface area contributed by atoms with E-state index in [4.69, 9.17) is 4.74 Å². The molecule has 0 unspecified atom stereocenters. The van der Waals surface area contributed by atoms with Gasteiger partial charge in [-0.25, -0.2) is 4.79 Å². The van der Waals surface area contributed by atoms with Crippen LogP contribution in [0, 0.1) is 12.8 Å². The van der Waals surface area contributed by atoms with Crippen molar-refractivity contribution in [2.24, 2.45) is 5.92 Å². The summed E-state index contributed by atoms with van der Waals surface area (Å²) in [5.74, 6) is 0.257. The zero-order chi connectivity index (χ0) is 21.5. The Labute approximate surface area is 173 Å². The number of Topliss-reactive ketones (excluding diaryl/α,β-unsaturated/α-hetero) is 1. The number of fused-ring (bicyclic) bond motifs is 1. The Balaban J connectivity index is 1.34. The quantitative estimate of drug-likeness (QED) is 0.692. The van der Waals surface area contributed by atoms with Gasteiger partial charge in [-0.15, -0.1) is 0 Å². The van der Waals surface area contributed by atoms with E-state index in [0.29, 0.717) is 45.4 Å². The van der Waals surface area contributed by atoms with Crippen LogP contribution in [-0.4, -0.2) is 65.5 Å². The number of ketones is 1. The second-order valence-electron chi connectivity index (χ2n) is 8.56. The average molecular weight is 425 g/mol. The van der Waals surface area contributed by atoms with Gasteiger partial charge in [0.05, 0.1) is 6.10 Å². The van der Waals surface area contributed by atoms with Crippen LogP contribution in [0.25, 0.3) is 0 Å². The number of nitrogens with zero attached hydrogens (tertiary/aromatic N) is 3. The first-order valence-corrected chi connectivity index (χ1v) is 10.4. The van der Waals surface area contributed by atoms with Crippen molar-refractivity contribution in [3.63, 3.8) is 0 Å². The standard InChI is InChI=1S/C21H26F3N3O3/c1-13-8-15(10-25-19(13)21(22,23)24)14-2-5-26(6-3-14)20(29)27-7-4-18-16(11-27)9-17(28)12-30-18/h8,10,14,16,18H,2-7,9,11-12H2,1H3/t16-,18+/m1/s1. The molecule has 0 aliphatic carbocycles. The second kappa shape index (κ2) is 8.17. The van der Waals surface area contributed by atoms with Gasteiger partial charge >= 0.3 is 12.2 Å². The second-order valence-corrected chi connectivity index (χ2v) is 8.56. The first-order valence-electron chi connectivity index (χ1n) is 10.4. The number of ether oxygens (including phenoxy) is 1. The van der Waals surface area contributed by atoms with Crippen molar-refractivity contribution in [3.8, 4) is 0 Å². The maximum Gasteiger partial charge on any atom is 0.433 e. The molecule has 0 aromatic carbocycles. The molecular formula is C21H26F3N3O3. The van der Waals surface area contributed by atoms with Crippen molar-refractivity contribution in [2.75, 3.05) is 32.8 Å². The predicted octanol–water partition coefficient (Wildman–Crippen LogP) is 3.39. The number of hydrogen-bond donors (Lipinski definition) is 0. The van der Waals surface area contributed by atoms with Crippen LogP contribution in [0.5, 0.6) is 0 Å². The minimum atomic E-state index is -4.44. The highest BCUT2D eigenvalue weighted by Gasteiger charge is 2.38. The number of aryl methyl sites for hydroxylation is 1. The smallest absolute Gasteiger partial charge is 0.370 e. The fourth-order valence-electron chi connectivity index (χ4n) is 4.87. The first kappa shape index (κ1) is 21.1. The van der Waals surface area contributed by atoms with Crippen molar-refractivity contribution >= 4 is 11.8 Å². The number of halogens is 3. The summed E-state index contributed by atoms with van der Waals surface area (Å²) < 4.78 is 44.4. The van der Waals surface area contributed by atoms with Crippen LogP contribution in [-0.2, 0) is 15.7 Å². The maximum absolute atomic E-state index is 13.0. The number of urea groups is 1. The molecule has 3 saturated heterocycles. The van der Waals surface area contributed by atoms with Gasteiger partial charge in [0, 0.05) is 44.7 Å². The van der Waals surface area contributed by atoms with E-state index in [1.807, 2.05) is 9.80 Å². The van der Waals surface area contributed by atoms with Crippen molar-refractivity contribution in [1.82, 2.24) is 14.8 Å². The van der Waals surface area contributed by atoms with Crippen molar-refractivity contribution in [2.45, 2.75) is 50.8 Å². The van der Waals surface area contributed by atoms with Gasteiger partial charge in [0.15, 0.2) is 5.78 Å². The van der Waals surface area contributed by atoms with E-state index in [-0.39, 0.29) is 41.9 Å². The van der Waals surface area contributed by atoms with E-state index >= 15 is 0 Å². The van der Waals surface area contributed by atoms with Crippen LogP contribution in [0.2, 0.25) is 0 Å². The summed E-state index contributed by atoms with van der Waals surface area (Å²) in [6.07, 6.45) is -0.455. The number of pyridine rings is 1. The Morgan fingerprint density at radius 1 is 1.17 bits per heavy atom. The number of amides is 2. The van der Waals surface area contributed by atoms with Crippen molar-refractivity contribution in [3.05, 3.63) is 29.1 Å². The Hall–Kier alpha value is -2.16. The summed E-state index contributed by atoms with van der Waals surface area (Å²) in [5, 5.41) is 0. The summed E-state index contributed by atoms with van der Waals surface area (Å²) in [7, 11) is 0. The Bertz CT molecular complexity index is 821. The molecule has 164 valence electrons. The third kappa shape index (κ3) is 4.31. The molecule has 6 nitrogen and oxygen atoms in total. The molecule has 2 atom stereocenters. The minimum absolute atomic E-state index is 0.0216. The highest BCUT2D eigenvalue weighted by atomic mass is 19.4. The number of hydrogen-bond acceptors (Lipinski definition) is 4. The van der Waals surface area contributed by atoms with E-state index in [2.05, 4.69) is 4.98 Å². The summed E-state index contributed by atoms with van der Waals surface area (Å²) in [6.45, 7) is 3.89. The maximum atomic E-state index is 13.0. The molecule has 9 heteroatoms. The van der Waals surface area contributed by atoms with Gasteiger partial charge in [-0.2, -0.15) is 13.2 Å². The van der Waals surface area contributed by atoms with Crippen LogP contribution in [0.4, 0.5) is 18.0 Å². The van der Waals surface area contributed by atoms with E-state index in [1.165, 1.54) is 13.1 Å². The third-order valence-corrected chi connectivity index (χ3v) is 6.49. The lowest BCUT2D eigenvalue weighted by Crippen LogP contribution is -2.54. The molecule has 4 heterocycles. The molecule has 30 heavy (non-hydrogen) atoms. The number of alkyl halides is 3. The summed E-state index contributed by atoms with van der Waals surface area (Å²) in [4.78, 5) is 31.9. The topological polar surface area (TPSA) is 62.7 Å². The van der Waals surface area contributed by atoms with Gasteiger partial charge in [-0.1, -0.05) is 6.07 Å². The fourth-order valence-corrected chi connectivity index (χ4v) is 4.87. The normalized spacial score (nSPS) is 25.9. The van der Waals surface area contributed by atoms with Crippen LogP contribution < -0.4 is 0 Å². The van der Waals surface area contributed by atoms with Crippen LogP contribution >= 0.6 is 0 Å². The molecule has 3 fully saturated rings. The number of piperidine rings is 2. The average Bonchev–Trinajstić information content (AvgIpc) is 2.71. The molecule has 2 amide bonds. The molecule has 3 aliphatic heterocycles. The SMILES string of the molecule is Cc1cc(C2CCN(C(=O)N3CC[C@@H]4OCC(=O)C[C@@H]4C3)CC2)cnc1C(F)(F)F. The van der Waals surface area contributed by atoms with Gasteiger partial charge in [0.1, 0.15) is 12.3 Å². The molecule has 0 radical (unpaired) electrons. The monoisotopic (exact) mass is 425 g/mol. The van der Waals surface area contributed by atoms with Gasteiger partial charge in [-0.05, 0) is 43.2 Å².